The van der Waals surface area contributed by atoms with Crippen LogP contribution < -0.4 is 0 Å². The first-order valence-corrected chi connectivity index (χ1v) is 8.56. The molecule has 0 aliphatic carbocycles. The van der Waals surface area contributed by atoms with E-state index < -0.39 is 6.10 Å². The van der Waals surface area contributed by atoms with Gasteiger partial charge in [0.15, 0.2) is 0 Å². The summed E-state index contributed by atoms with van der Waals surface area (Å²) < 4.78 is 11.1. The molecular formula is C16H32N2O4. The van der Waals surface area contributed by atoms with Crippen LogP contribution in [0.4, 0.5) is 0 Å². The average molecular weight is 316 g/mol. The summed E-state index contributed by atoms with van der Waals surface area (Å²) >= 11 is 0. The van der Waals surface area contributed by atoms with Crippen molar-refractivity contribution in [3.8, 4) is 0 Å². The van der Waals surface area contributed by atoms with E-state index in [0.29, 0.717) is 25.8 Å². The Labute approximate surface area is 134 Å². The van der Waals surface area contributed by atoms with Gasteiger partial charge in [0, 0.05) is 45.4 Å². The van der Waals surface area contributed by atoms with E-state index in [4.69, 9.17) is 9.47 Å². The van der Waals surface area contributed by atoms with Gasteiger partial charge in [-0.2, -0.15) is 0 Å². The van der Waals surface area contributed by atoms with Crippen molar-refractivity contribution in [1.82, 2.24) is 9.80 Å². The highest BCUT2D eigenvalue weighted by Gasteiger charge is 2.25. The summed E-state index contributed by atoms with van der Waals surface area (Å²) in [6, 6.07) is 0.406. The zero-order valence-electron chi connectivity index (χ0n) is 14.0. The minimum Gasteiger partial charge on any atom is -0.392 e. The molecule has 2 saturated heterocycles. The zero-order chi connectivity index (χ0) is 15.9. The zero-order valence-corrected chi connectivity index (χ0v) is 14.0. The van der Waals surface area contributed by atoms with E-state index in [-0.39, 0.29) is 12.2 Å². The molecule has 0 radical (unpaired) electrons. The Hall–Kier alpha value is -0.240. The van der Waals surface area contributed by atoms with Crippen molar-refractivity contribution >= 4 is 0 Å². The molecular weight excluding hydrogens is 284 g/mol. The standard InChI is InChI=1S/C16H32N2O4/c1-13-8-17(5-6-18(13)9-14(2)19)10-15(20)11-21-12-16-4-3-7-22-16/h13-16,19-20H,3-12H2,1-2H3/t13-,14-,15-,16-/m0/s1. The number of nitrogens with zero attached hydrogens (tertiary/aromatic N) is 2. The number of aliphatic hydroxyl groups is 2. The van der Waals surface area contributed by atoms with Crippen LogP contribution in [0, 0.1) is 0 Å². The lowest BCUT2D eigenvalue weighted by molar-refractivity contribution is -0.0335. The highest BCUT2D eigenvalue weighted by molar-refractivity contribution is 4.81. The Morgan fingerprint density at radius 2 is 2.09 bits per heavy atom. The van der Waals surface area contributed by atoms with Gasteiger partial charge in [-0.3, -0.25) is 9.80 Å². The summed E-state index contributed by atoms with van der Waals surface area (Å²) in [5.74, 6) is 0. The van der Waals surface area contributed by atoms with Gasteiger partial charge in [0.1, 0.15) is 0 Å². The minimum absolute atomic E-state index is 0.219. The summed E-state index contributed by atoms with van der Waals surface area (Å²) in [7, 11) is 0. The van der Waals surface area contributed by atoms with Crippen molar-refractivity contribution in [3.05, 3.63) is 0 Å². The van der Waals surface area contributed by atoms with Gasteiger partial charge in [-0.05, 0) is 26.7 Å². The molecule has 0 aromatic carbocycles. The molecule has 2 heterocycles. The third kappa shape index (κ3) is 6.10. The van der Waals surface area contributed by atoms with E-state index in [1.54, 1.807) is 0 Å². The number of piperazine rings is 1. The normalized spacial score (nSPS) is 30.5. The lowest BCUT2D eigenvalue weighted by Gasteiger charge is -2.41. The molecule has 130 valence electrons. The molecule has 6 nitrogen and oxygen atoms in total. The first kappa shape index (κ1) is 18.1. The molecule has 22 heavy (non-hydrogen) atoms. The fraction of sp³-hybridized carbons (Fsp3) is 1.00. The molecule has 0 unspecified atom stereocenters. The number of rotatable bonds is 8. The summed E-state index contributed by atoms with van der Waals surface area (Å²) in [4.78, 5) is 4.59. The summed E-state index contributed by atoms with van der Waals surface area (Å²) in [5.41, 5.74) is 0. The number of β-amino-alcohol motifs (C(OH)–C–C–N with tert-alkyl or cyclic N) is 2. The molecule has 4 atom stereocenters. The molecule has 0 saturated carbocycles. The van der Waals surface area contributed by atoms with Gasteiger partial charge in [-0.15, -0.1) is 0 Å². The van der Waals surface area contributed by atoms with E-state index in [0.717, 1.165) is 45.6 Å². The Morgan fingerprint density at radius 1 is 1.27 bits per heavy atom. The lowest BCUT2D eigenvalue weighted by Crippen LogP contribution is -2.55. The second-order valence-corrected chi connectivity index (χ2v) is 6.78. The maximum atomic E-state index is 10.1. The van der Waals surface area contributed by atoms with Crippen LogP contribution in [0.3, 0.4) is 0 Å². The van der Waals surface area contributed by atoms with Gasteiger partial charge < -0.3 is 19.7 Å². The first-order chi connectivity index (χ1) is 10.5. The molecule has 0 spiro atoms. The van der Waals surface area contributed by atoms with Crippen LogP contribution >= 0.6 is 0 Å². The topological polar surface area (TPSA) is 65.4 Å². The van der Waals surface area contributed by atoms with E-state index in [2.05, 4.69) is 16.7 Å². The Kier molecular flexibility index (Phi) is 7.53. The van der Waals surface area contributed by atoms with Crippen molar-refractivity contribution in [2.75, 3.05) is 52.5 Å². The molecule has 2 fully saturated rings. The predicted molar refractivity (Wildman–Crippen MR) is 85.0 cm³/mol. The summed E-state index contributed by atoms with van der Waals surface area (Å²) in [6.07, 6.45) is 1.67. The van der Waals surface area contributed by atoms with Gasteiger partial charge in [-0.25, -0.2) is 0 Å². The molecule has 0 bridgehead atoms. The number of ether oxygens (including phenoxy) is 2. The van der Waals surface area contributed by atoms with E-state index >= 15 is 0 Å². The monoisotopic (exact) mass is 316 g/mol. The fourth-order valence-electron chi connectivity index (χ4n) is 3.31. The van der Waals surface area contributed by atoms with Crippen LogP contribution in [-0.2, 0) is 9.47 Å². The predicted octanol–water partition coefficient (Wildman–Crippen LogP) is -0.0702. The first-order valence-electron chi connectivity index (χ1n) is 8.56. The van der Waals surface area contributed by atoms with Crippen molar-refractivity contribution in [3.63, 3.8) is 0 Å². The van der Waals surface area contributed by atoms with Gasteiger partial charge in [0.25, 0.3) is 0 Å². The summed E-state index contributed by atoms with van der Waals surface area (Å²) in [5, 5.41) is 19.6. The van der Waals surface area contributed by atoms with Crippen LogP contribution in [-0.4, -0.2) is 96.9 Å². The van der Waals surface area contributed by atoms with Crippen LogP contribution in [0.2, 0.25) is 0 Å². The van der Waals surface area contributed by atoms with E-state index in [9.17, 15) is 10.2 Å². The summed E-state index contributed by atoms with van der Waals surface area (Å²) in [6.45, 7) is 9.98. The Balaban J connectivity index is 1.59. The van der Waals surface area contributed by atoms with Crippen LogP contribution in [0.25, 0.3) is 0 Å². The molecule has 2 N–H and O–H groups in total. The quantitative estimate of drug-likeness (QED) is 0.653. The molecule has 6 heteroatoms. The van der Waals surface area contributed by atoms with E-state index in [1.807, 2.05) is 6.92 Å². The van der Waals surface area contributed by atoms with Gasteiger partial charge in [0.05, 0.1) is 31.5 Å². The Bertz CT molecular complexity index is 311. The van der Waals surface area contributed by atoms with Crippen LogP contribution in [0.1, 0.15) is 26.7 Å². The SMILES string of the molecule is C[C@H](O)CN1CCN(C[C@H](O)COC[C@@H]2CCCO2)C[C@@H]1C. The van der Waals surface area contributed by atoms with Crippen LogP contribution in [0.15, 0.2) is 0 Å². The van der Waals surface area contributed by atoms with Crippen molar-refractivity contribution in [1.29, 1.82) is 0 Å². The highest BCUT2D eigenvalue weighted by atomic mass is 16.5. The molecule has 0 amide bonds. The maximum Gasteiger partial charge on any atom is 0.0900 e. The van der Waals surface area contributed by atoms with Gasteiger partial charge >= 0.3 is 0 Å². The van der Waals surface area contributed by atoms with Gasteiger partial charge in [-0.1, -0.05) is 0 Å². The smallest absolute Gasteiger partial charge is 0.0900 e. The highest BCUT2D eigenvalue weighted by Crippen LogP contribution is 2.13. The molecule has 2 aliphatic heterocycles. The van der Waals surface area contributed by atoms with Gasteiger partial charge in [0.2, 0.25) is 0 Å². The second kappa shape index (κ2) is 9.15. The number of aliphatic hydroxyl groups excluding tert-OH is 2. The average Bonchev–Trinajstić information content (AvgIpc) is 2.95. The molecule has 0 aromatic heterocycles. The van der Waals surface area contributed by atoms with Crippen molar-refractivity contribution in [2.24, 2.45) is 0 Å². The number of hydrogen-bond acceptors (Lipinski definition) is 6. The molecule has 2 rings (SSSR count). The second-order valence-electron chi connectivity index (χ2n) is 6.78. The largest absolute Gasteiger partial charge is 0.392 e. The van der Waals surface area contributed by atoms with Crippen molar-refractivity contribution in [2.45, 2.75) is 51.0 Å². The maximum absolute atomic E-state index is 10.1. The third-order valence-electron chi connectivity index (χ3n) is 4.45. The fourth-order valence-corrected chi connectivity index (χ4v) is 3.31. The van der Waals surface area contributed by atoms with Crippen molar-refractivity contribution < 1.29 is 19.7 Å². The van der Waals surface area contributed by atoms with E-state index in [1.165, 1.54) is 0 Å². The third-order valence-corrected chi connectivity index (χ3v) is 4.45. The molecule has 2 aliphatic rings. The minimum atomic E-state index is -0.447. The molecule has 0 aromatic rings. The number of hydrogen-bond donors (Lipinski definition) is 2. The lowest BCUT2D eigenvalue weighted by atomic mass is 10.1. The Morgan fingerprint density at radius 3 is 2.73 bits per heavy atom. The van der Waals surface area contributed by atoms with Crippen LogP contribution in [0.5, 0.6) is 0 Å².